The van der Waals surface area contributed by atoms with Crippen molar-refractivity contribution >= 4 is 5.97 Å². The van der Waals surface area contributed by atoms with Crippen LogP contribution in [0.25, 0.3) is 0 Å². The van der Waals surface area contributed by atoms with E-state index in [9.17, 15) is 49.4 Å². The van der Waals surface area contributed by atoms with Crippen LogP contribution < -0.4 is 4.74 Å². The second-order valence-corrected chi connectivity index (χ2v) is 5.95. The van der Waals surface area contributed by atoms with Crippen molar-refractivity contribution in [1.82, 2.24) is 0 Å². The zero-order valence-corrected chi connectivity index (χ0v) is 13.3. The Morgan fingerprint density at radius 2 is 1.37 bits per heavy atom. The van der Waals surface area contributed by atoms with Gasteiger partial charge in [0.1, 0.15) is 5.75 Å². The summed E-state index contributed by atoms with van der Waals surface area (Å²) in [7, 11) is 0. The second-order valence-electron chi connectivity index (χ2n) is 5.95. The number of carbonyl (C=O) groups is 1. The van der Waals surface area contributed by atoms with Gasteiger partial charge in [-0.15, -0.1) is 0 Å². The summed E-state index contributed by atoms with van der Waals surface area (Å²) in [6.07, 6.45) is -5.22. The lowest BCUT2D eigenvalue weighted by molar-refractivity contribution is -0.303. The number of aliphatic hydroxyl groups excluding tert-OH is 1. The fourth-order valence-electron chi connectivity index (χ4n) is 2.73. The van der Waals surface area contributed by atoms with Gasteiger partial charge in [0, 0.05) is 18.9 Å². The number of aliphatic hydroxyl groups is 1. The van der Waals surface area contributed by atoms with Gasteiger partial charge >= 0.3 is 29.7 Å². The first-order valence-corrected chi connectivity index (χ1v) is 7.20. The van der Waals surface area contributed by atoms with Crippen LogP contribution in [0.2, 0.25) is 0 Å². The van der Waals surface area contributed by atoms with Crippen LogP contribution >= 0.6 is 0 Å². The van der Waals surface area contributed by atoms with Crippen molar-refractivity contribution in [2.75, 3.05) is 0 Å². The number of hydrogen-bond donors (Lipinski definition) is 1. The number of halogens is 9. The smallest absolute Gasteiger partial charge is 0.381 e. The number of carbonyl (C=O) groups excluding carboxylic acids is 1. The summed E-state index contributed by atoms with van der Waals surface area (Å²) < 4.78 is 127. The summed E-state index contributed by atoms with van der Waals surface area (Å²) in [4.78, 5) is 11.0. The molecule has 0 spiro atoms. The Morgan fingerprint density at radius 1 is 0.926 bits per heavy atom. The largest absolute Gasteiger partial charge is 0.426 e. The summed E-state index contributed by atoms with van der Waals surface area (Å²) in [6.45, 7) is 0.875. The molecule has 1 fully saturated rings. The minimum atomic E-state index is -6.71. The number of para-hydroxylation sites is 1. The first-order chi connectivity index (χ1) is 12.0. The lowest BCUT2D eigenvalue weighted by Gasteiger charge is -2.32. The minimum absolute atomic E-state index is 0.579. The first kappa shape index (κ1) is 21.3. The van der Waals surface area contributed by atoms with Crippen LogP contribution in [-0.4, -0.2) is 40.4 Å². The molecule has 1 saturated carbocycles. The number of ether oxygens (including phenoxy) is 1. The van der Waals surface area contributed by atoms with Crippen LogP contribution in [0.3, 0.4) is 0 Å². The van der Waals surface area contributed by atoms with Gasteiger partial charge in [0.2, 0.25) is 0 Å². The highest BCUT2D eigenvalue weighted by Crippen LogP contribution is 2.70. The first-order valence-electron chi connectivity index (χ1n) is 7.20. The maximum atomic E-state index is 14.5. The normalized spacial score (nSPS) is 25.0. The molecule has 2 rings (SSSR count). The summed E-state index contributed by atoms with van der Waals surface area (Å²) in [5.41, 5.74) is -6.51. The van der Waals surface area contributed by atoms with Crippen LogP contribution in [0.1, 0.15) is 25.0 Å². The summed E-state index contributed by atoms with van der Waals surface area (Å²) >= 11 is 0. The molecule has 152 valence electrons. The fraction of sp³-hybridized carbons (Fsp3) is 0.533. The molecule has 1 aromatic carbocycles. The molecule has 1 aliphatic rings. The average molecular weight is 410 g/mol. The molecule has 0 aromatic heterocycles. The molecule has 0 saturated heterocycles. The molecule has 1 atom stereocenters. The maximum Gasteiger partial charge on any atom is 0.381 e. The van der Waals surface area contributed by atoms with E-state index in [4.69, 9.17) is 0 Å². The lowest BCUT2D eigenvalue weighted by Crippen LogP contribution is -2.55. The van der Waals surface area contributed by atoms with Crippen LogP contribution in [0, 0.1) is 0 Å². The van der Waals surface area contributed by atoms with Gasteiger partial charge in [0.15, 0.2) is 0 Å². The van der Waals surface area contributed by atoms with Crippen molar-refractivity contribution in [3.05, 3.63) is 29.8 Å². The monoisotopic (exact) mass is 410 g/mol. The van der Waals surface area contributed by atoms with Crippen molar-refractivity contribution in [3.63, 3.8) is 0 Å². The predicted octanol–water partition coefficient (Wildman–Crippen LogP) is 4.30. The van der Waals surface area contributed by atoms with Crippen LogP contribution in [-0.2, 0) is 4.79 Å². The Bertz CT molecular complexity index is 722. The van der Waals surface area contributed by atoms with Gasteiger partial charge in [-0.2, -0.15) is 35.1 Å². The summed E-state index contributed by atoms with van der Waals surface area (Å²) in [5, 5.41) is 9.86. The Morgan fingerprint density at radius 3 is 1.81 bits per heavy atom. The lowest BCUT2D eigenvalue weighted by atomic mass is 9.87. The fourth-order valence-corrected chi connectivity index (χ4v) is 2.73. The molecule has 1 unspecified atom stereocenters. The SMILES string of the molecule is CC(=O)Oc1ccccc1C(O)CC1(F)C(F)(F)C(F)(F)C(F)(F)C1(F)F. The van der Waals surface area contributed by atoms with Gasteiger partial charge in [-0.3, -0.25) is 4.79 Å². The van der Waals surface area contributed by atoms with Crippen molar-refractivity contribution < 1.29 is 54.2 Å². The summed E-state index contributed by atoms with van der Waals surface area (Å²) in [6, 6.07) is 4.07. The molecule has 3 nitrogen and oxygen atoms in total. The van der Waals surface area contributed by atoms with E-state index in [0.717, 1.165) is 25.1 Å². The number of rotatable bonds is 4. The van der Waals surface area contributed by atoms with Crippen molar-refractivity contribution in [2.45, 2.75) is 48.8 Å². The average Bonchev–Trinajstić information content (AvgIpc) is 2.57. The van der Waals surface area contributed by atoms with Gasteiger partial charge in [0.05, 0.1) is 6.10 Å². The standard InChI is InChI=1S/C15H11F9O3/c1-7(25)27-10-5-3-2-4-8(10)9(26)6-11(16)12(17,18)14(21,22)15(23,24)13(11,19)20/h2-5,9,26H,6H2,1H3. The Hall–Kier alpha value is -1.98. The van der Waals surface area contributed by atoms with E-state index < -0.39 is 59.2 Å². The molecule has 0 aliphatic heterocycles. The van der Waals surface area contributed by atoms with Crippen molar-refractivity contribution in [2.24, 2.45) is 0 Å². The Balaban J connectivity index is 2.51. The highest BCUT2D eigenvalue weighted by molar-refractivity contribution is 5.69. The molecule has 12 heteroatoms. The van der Waals surface area contributed by atoms with E-state index in [1.54, 1.807) is 0 Å². The van der Waals surface area contributed by atoms with Gasteiger partial charge in [0.25, 0.3) is 5.67 Å². The zero-order valence-electron chi connectivity index (χ0n) is 13.3. The zero-order chi connectivity index (χ0) is 21.1. The topological polar surface area (TPSA) is 46.5 Å². The van der Waals surface area contributed by atoms with Crippen LogP contribution in [0.4, 0.5) is 39.5 Å². The molecule has 1 aliphatic carbocycles. The van der Waals surface area contributed by atoms with E-state index in [1.165, 1.54) is 6.07 Å². The molecule has 0 radical (unpaired) electrons. The van der Waals surface area contributed by atoms with E-state index in [2.05, 4.69) is 4.74 Å². The van der Waals surface area contributed by atoms with E-state index in [0.29, 0.717) is 0 Å². The van der Waals surface area contributed by atoms with Gasteiger partial charge < -0.3 is 9.84 Å². The van der Waals surface area contributed by atoms with Gasteiger partial charge in [-0.25, -0.2) is 4.39 Å². The van der Waals surface area contributed by atoms with Crippen LogP contribution in [0.15, 0.2) is 24.3 Å². The van der Waals surface area contributed by atoms with E-state index in [1.807, 2.05) is 0 Å². The van der Waals surface area contributed by atoms with E-state index >= 15 is 0 Å². The van der Waals surface area contributed by atoms with Crippen molar-refractivity contribution in [1.29, 1.82) is 0 Å². The quantitative estimate of drug-likeness (QED) is 0.458. The Kier molecular flexibility index (Phi) is 4.75. The molecule has 0 heterocycles. The predicted molar refractivity (Wildman–Crippen MR) is 71.0 cm³/mol. The van der Waals surface area contributed by atoms with Crippen molar-refractivity contribution in [3.8, 4) is 5.75 Å². The third-order valence-electron chi connectivity index (χ3n) is 4.18. The number of benzene rings is 1. The van der Waals surface area contributed by atoms with E-state index in [-0.39, 0.29) is 0 Å². The molecule has 1 N–H and O–H groups in total. The second kappa shape index (κ2) is 6.01. The summed E-state index contributed by atoms with van der Waals surface area (Å²) in [5.74, 6) is -28.0. The highest BCUT2D eigenvalue weighted by Gasteiger charge is 3.00. The number of esters is 1. The Labute approximate surface area is 145 Å². The maximum absolute atomic E-state index is 14.5. The molecule has 27 heavy (non-hydrogen) atoms. The molecule has 1 aromatic rings. The minimum Gasteiger partial charge on any atom is -0.426 e. The van der Waals surface area contributed by atoms with Gasteiger partial charge in [-0.1, -0.05) is 18.2 Å². The number of hydrogen-bond acceptors (Lipinski definition) is 3. The molecular formula is C15H11F9O3. The molecular weight excluding hydrogens is 399 g/mol. The molecule has 0 bridgehead atoms. The highest BCUT2D eigenvalue weighted by atomic mass is 19.4. The van der Waals surface area contributed by atoms with Gasteiger partial charge in [-0.05, 0) is 6.07 Å². The third kappa shape index (κ3) is 2.59. The molecule has 0 amide bonds. The third-order valence-corrected chi connectivity index (χ3v) is 4.18. The van der Waals surface area contributed by atoms with Crippen LogP contribution in [0.5, 0.6) is 5.75 Å². The number of alkyl halides is 9.